The molecule has 0 aliphatic heterocycles. The number of hydrogen-bond acceptors (Lipinski definition) is 5. The van der Waals surface area contributed by atoms with Crippen molar-refractivity contribution >= 4 is 81.1 Å². The van der Waals surface area contributed by atoms with Crippen LogP contribution in [-0.4, -0.2) is 16.9 Å². The molecule has 0 unspecified atom stereocenters. The molecule has 10 heteroatoms. The second-order valence-electron chi connectivity index (χ2n) is 7.12. The maximum atomic E-state index is 12.3. The zero-order valence-corrected chi connectivity index (χ0v) is 21.0. The number of anilines is 2. The molecule has 176 valence electrons. The van der Waals surface area contributed by atoms with E-state index < -0.39 is 5.91 Å². The number of furan rings is 1. The number of hydrogen-bond donors (Lipinski definition) is 3. The summed E-state index contributed by atoms with van der Waals surface area (Å²) in [5.74, 6) is 0.383. The molecule has 2 heterocycles. The van der Waals surface area contributed by atoms with Crippen molar-refractivity contribution < 1.29 is 14.0 Å². The fourth-order valence-corrected chi connectivity index (χ4v) is 4.36. The van der Waals surface area contributed by atoms with Crippen molar-refractivity contribution in [1.82, 2.24) is 5.32 Å². The van der Waals surface area contributed by atoms with E-state index in [-0.39, 0.29) is 11.0 Å². The molecule has 6 nitrogen and oxygen atoms in total. The average Bonchev–Trinajstić information content (AvgIpc) is 3.50. The highest BCUT2D eigenvalue weighted by molar-refractivity contribution is 7.80. The maximum absolute atomic E-state index is 12.3. The van der Waals surface area contributed by atoms with Gasteiger partial charge in [0.25, 0.3) is 5.91 Å². The van der Waals surface area contributed by atoms with Crippen molar-refractivity contribution in [1.29, 1.82) is 0 Å². The van der Waals surface area contributed by atoms with Gasteiger partial charge in [0.1, 0.15) is 11.5 Å². The van der Waals surface area contributed by atoms with Crippen molar-refractivity contribution in [3.8, 4) is 11.3 Å². The third-order valence-corrected chi connectivity index (χ3v) is 6.20. The summed E-state index contributed by atoms with van der Waals surface area (Å²) in [5, 5.41) is 11.2. The van der Waals surface area contributed by atoms with Gasteiger partial charge in [0.2, 0.25) is 5.91 Å². The lowest BCUT2D eigenvalue weighted by atomic mass is 10.2. The lowest BCUT2D eigenvalue weighted by molar-refractivity contribution is -0.115. The number of amides is 2. The molecule has 2 aromatic heterocycles. The molecule has 0 aliphatic carbocycles. The largest absolute Gasteiger partial charge is 0.457 e. The summed E-state index contributed by atoms with van der Waals surface area (Å²) in [5.41, 5.74) is 1.90. The molecule has 2 aromatic carbocycles. The fraction of sp³-hybridized carbons (Fsp3) is 0. The van der Waals surface area contributed by atoms with Crippen molar-refractivity contribution in [3.05, 3.63) is 98.9 Å². The molecule has 0 radical (unpaired) electrons. The SMILES string of the molecule is O=C(/C=C/c1ccc(-c2ccc(Cl)cc2Cl)o1)NC(=S)Nc1cccc(NC(=O)c2cccs2)c1. The van der Waals surface area contributed by atoms with E-state index >= 15 is 0 Å². The molecule has 4 rings (SSSR count). The summed E-state index contributed by atoms with van der Waals surface area (Å²) in [7, 11) is 0. The molecule has 0 aliphatic rings. The van der Waals surface area contributed by atoms with Crippen molar-refractivity contribution in [2.45, 2.75) is 0 Å². The predicted molar refractivity (Wildman–Crippen MR) is 146 cm³/mol. The van der Waals surface area contributed by atoms with Crippen LogP contribution in [0.3, 0.4) is 0 Å². The summed E-state index contributed by atoms with van der Waals surface area (Å²) in [4.78, 5) is 25.1. The molecule has 2 amide bonds. The third kappa shape index (κ3) is 6.80. The van der Waals surface area contributed by atoms with E-state index in [1.54, 1.807) is 60.7 Å². The van der Waals surface area contributed by atoms with E-state index in [2.05, 4.69) is 16.0 Å². The number of thiocarbonyl (C=S) groups is 1. The number of nitrogens with one attached hydrogen (secondary N) is 3. The molecule has 0 saturated carbocycles. The lowest BCUT2D eigenvalue weighted by Gasteiger charge is -2.10. The van der Waals surface area contributed by atoms with Crippen LogP contribution in [0, 0.1) is 0 Å². The number of halogens is 2. The molecule has 3 N–H and O–H groups in total. The van der Waals surface area contributed by atoms with E-state index in [1.807, 2.05) is 11.4 Å². The highest BCUT2D eigenvalue weighted by atomic mass is 35.5. The first-order valence-electron chi connectivity index (χ1n) is 10.2. The first-order chi connectivity index (χ1) is 16.9. The van der Waals surface area contributed by atoms with Gasteiger partial charge in [-0.05, 0) is 78.3 Å². The summed E-state index contributed by atoms with van der Waals surface area (Å²) in [6.07, 6.45) is 2.82. The van der Waals surface area contributed by atoms with Crippen LogP contribution in [0.2, 0.25) is 10.0 Å². The quantitative estimate of drug-likeness (QED) is 0.179. The molecule has 0 spiro atoms. The summed E-state index contributed by atoms with van der Waals surface area (Å²) in [6.45, 7) is 0. The van der Waals surface area contributed by atoms with Gasteiger partial charge >= 0.3 is 0 Å². The highest BCUT2D eigenvalue weighted by Crippen LogP contribution is 2.31. The standard InChI is InChI=1S/C25H17Cl2N3O3S2/c26-15-6-9-19(20(27)13-15)21-10-7-18(33-21)8-11-23(31)30-25(34)29-17-4-1-3-16(14-17)28-24(32)22-5-2-12-35-22/h1-14H,(H,28,32)(H2,29,30,31,34)/b11-8+. The molecule has 35 heavy (non-hydrogen) atoms. The van der Waals surface area contributed by atoms with Crippen LogP contribution in [0.4, 0.5) is 11.4 Å². The molecule has 0 bridgehead atoms. The Kier molecular flexibility index (Phi) is 7.99. The Morgan fingerprint density at radius 3 is 2.49 bits per heavy atom. The van der Waals surface area contributed by atoms with Crippen molar-refractivity contribution in [2.75, 3.05) is 10.6 Å². The Morgan fingerprint density at radius 2 is 1.74 bits per heavy atom. The Hall–Kier alpha value is -3.43. The van der Waals surface area contributed by atoms with Gasteiger partial charge in [-0.1, -0.05) is 35.3 Å². The van der Waals surface area contributed by atoms with E-state index in [9.17, 15) is 9.59 Å². The van der Waals surface area contributed by atoms with Crippen LogP contribution in [0.5, 0.6) is 0 Å². The van der Waals surface area contributed by atoms with Crippen LogP contribution < -0.4 is 16.0 Å². The number of benzene rings is 2. The van der Waals surface area contributed by atoms with Gasteiger partial charge < -0.3 is 15.1 Å². The number of carbonyl (C=O) groups is 2. The van der Waals surface area contributed by atoms with Crippen LogP contribution in [0.1, 0.15) is 15.4 Å². The Bertz CT molecular complexity index is 1420. The second kappa shape index (κ2) is 11.3. The summed E-state index contributed by atoms with van der Waals surface area (Å²) in [6, 6.07) is 19.1. The molecule has 0 atom stereocenters. The Labute approximate surface area is 220 Å². The second-order valence-corrected chi connectivity index (χ2v) is 9.31. The van der Waals surface area contributed by atoms with Crippen molar-refractivity contribution in [3.63, 3.8) is 0 Å². The highest BCUT2D eigenvalue weighted by Gasteiger charge is 2.10. The predicted octanol–water partition coefficient (Wildman–Crippen LogP) is 7.09. The number of rotatable bonds is 6. The van der Waals surface area contributed by atoms with E-state index in [0.29, 0.717) is 43.4 Å². The average molecular weight is 542 g/mol. The van der Waals surface area contributed by atoms with E-state index in [1.165, 1.54) is 23.5 Å². The molecular weight excluding hydrogens is 525 g/mol. The topological polar surface area (TPSA) is 83.4 Å². The van der Waals surface area contributed by atoms with Gasteiger partial charge in [-0.25, -0.2) is 0 Å². The van der Waals surface area contributed by atoms with Crippen LogP contribution in [0.15, 0.2) is 82.6 Å². The lowest BCUT2D eigenvalue weighted by Crippen LogP contribution is -2.32. The van der Waals surface area contributed by atoms with Gasteiger partial charge in [0.15, 0.2) is 5.11 Å². The van der Waals surface area contributed by atoms with Crippen LogP contribution in [0.25, 0.3) is 17.4 Å². The Morgan fingerprint density at radius 1 is 0.943 bits per heavy atom. The molecule has 0 fully saturated rings. The number of thiophene rings is 1. The minimum absolute atomic E-state index is 0.106. The minimum atomic E-state index is -0.438. The molecule has 4 aromatic rings. The molecule has 0 saturated heterocycles. The van der Waals surface area contributed by atoms with Gasteiger partial charge in [0, 0.05) is 28.0 Å². The monoisotopic (exact) mass is 541 g/mol. The van der Waals surface area contributed by atoms with Gasteiger partial charge in [0.05, 0.1) is 9.90 Å². The van der Waals surface area contributed by atoms with Crippen molar-refractivity contribution in [2.24, 2.45) is 0 Å². The van der Waals surface area contributed by atoms with Gasteiger partial charge in [-0.2, -0.15) is 0 Å². The van der Waals surface area contributed by atoms with E-state index in [0.717, 1.165) is 0 Å². The summed E-state index contributed by atoms with van der Waals surface area (Å²) >= 11 is 18.7. The number of carbonyl (C=O) groups excluding carboxylic acids is 2. The van der Waals surface area contributed by atoms with E-state index in [4.69, 9.17) is 39.8 Å². The molecular formula is C25H17Cl2N3O3S2. The van der Waals surface area contributed by atoms with Crippen LogP contribution in [-0.2, 0) is 4.79 Å². The maximum Gasteiger partial charge on any atom is 0.265 e. The smallest absolute Gasteiger partial charge is 0.265 e. The zero-order chi connectivity index (χ0) is 24.8. The Balaban J connectivity index is 1.32. The van der Waals surface area contributed by atoms with Gasteiger partial charge in [-0.15, -0.1) is 11.3 Å². The first kappa shape index (κ1) is 24.7. The normalized spacial score (nSPS) is 10.8. The van der Waals surface area contributed by atoms with Gasteiger partial charge in [-0.3, -0.25) is 14.9 Å². The first-order valence-corrected chi connectivity index (χ1v) is 12.2. The van der Waals surface area contributed by atoms with Crippen LogP contribution >= 0.6 is 46.8 Å². The summed E-state index contributed by atoms with van der Waals surface area (Å²) < 4.78 is 5.74. The zero-order valence-electron chi connectivity index (χ0n) is 17.9. The fourth-order valence-electron chi connectivity index (χ4n) is 3.03. The third-order valence-electron chi connectivity index (χ3n) is 4.58. The minimum Gasteiger partial charge on any atom is -0.457 e.